The summed E-state index contributed by atoms with van der Waals surface area (Å²) >= 11 is 0. The van der Waals surface area contributed by atoms with E-state index < -0.39 is 6.10 Å². The van der Waals surface area contributed by atoms with Crippen molar-refractivity contribution in [1.82, 2.24) is 0 Å². The Bertz CT molecular complexity index is 1370. The zero-order valence-electron chi connectivity index (χ0n) is 46.7. The molecule has 0 aliphatic heterocycles. The van der Waals surface area contributed by atoms with Gasteiger partial charge in [0, 0.05) is 19.3 Å². The van der Waals surface area contributed by atoms with Crippen molar-refractivity contribution < 1.29 is 28.6 Å². The van der Waals surface area contributed by atoms with Gasteiger partial charge in [0.1, 0.15) is 13.2 Å². The van der Waals surface area contributed by atoms with Crippen LogP contribution in [0.15, 0.2) is 85.1 Å². The van der Waals surface area contributed by atoms with Gasteiger partial charge >= 0.3 is 17.9 Å². The van der Waals surface area contributed by atoms with E-state index in [1.54, 1.807) is 0 Å². The molecule has 0 spiro atoms. The second-order valence-corrected chi connectivity index (χ2v) is 19.9. The third-order valence-electron chi connectivity index (χ3n) is 12.9. The Balaban J connectivity index is 4.48. The third-order valence-corrected chi connectivity index (χ3v) is 12.9. The van der Waals surface area contributed by atoms with Crippen molar-refractivity contribution in [2.75, 3.05) is 13.2 Å². The molecule has 0 unspecified atom stereocenters. The lowest BCUT2D eigenvalue weighted by Gasteiger charge is -2.18. The molecule has 0 fully saturated rings. The molecule has 0 aromatic rings. The molecule has 0 rings (SSSR count). The fourth-order valence-corrected chi connectivity index (χ4v) is 8.41. The van der Waals surface area contributed by atoms with Gasteiger partial charge in [-0.25, -0.2) is 0 Å². The van der Waals surface area contributed by atoms with Crippen LogP contribution < -0.4 is 0 Å². The van der Waals surface area contributed by atoms with E-state index in [-0.39, 0.29) is 37.5 Å². The number of hydrogen-bond donors (Lipinski definition) is 0. The maximum Gasteiger partial charge on any atom is 0.306 e. The SMILES string of the molecule is CC/C=C\C/C=C\C/C=C\C/C=C\C/C=C\C/C=C\CCC(=O)OC[C@@H](COC(=O)CCCCCCCCCCCCCCCCCCC)OC(=O)CCCCCCCCC/C=C\CCCCCCCC. The number of carbonyl (C=O) groups excluding carboxylic acids is 3. The molecule has 0 bridgehead atoms. The third kappa shape index (κ3) is 57.4. The first-order valence-corrected chi connectivity index (χ1v) is 30.1. The van der Waals surface area contributed by atoms with Crippen LogP contribution in [0.3, 0.4) is 0 Å². The monoisotopic (exact) mass is 989 g/mol. The van der Waals surface area contributed by atoms with Crippen LogP contribution >= 0.6 is 0 Å². The van der Waals surface area contributed by atoms with Crippen LogP contribution in [0.25, 0.3) is 0 Å². The molecule has 0 saturated carbocycles. The lowest BCUT2D eigenvalue weighted by Crippen LogP contribution is -2.30. The van der Waals surface area contributed by atoms with E-state index in [1.165, 1.54) is 167 Å². The van der Waals surface area contributed by atoms with Crippen molar-refractivity contribution >= 4 is 17.9 Å². The molecule has 1 atom stereocenters. The second-order valence-electron chi connectivity index (χ2n) is 19.9. The Morgan fingerprint density at radius 2 is 0.577 bits per heavy atom. The molecule has 0 aliphatic carbocycles. The molecule has 6 nitrogen and oxygen atoms in total. The number of esters is 3. The van der Waals surface area contributed by atoms with E-state index in [9.17, 15) is 14.4 Å². The lowest BCUT2D eigenvalue weighted by molar-refractivity contribution is -0.166. The zero-order chi connectivity index (χ0) is 51.4. The van der Waals surface area contributed by atoms with Gasteiger partial charge in [0.25, 0.3) is 0 Å². The second kappa shape index (κ2) is 59.2. The van der Waals surface area contributed by atoms with Crippen LogP contribution in [0.1, 0.15) is 290 Å². The Kier molecular flexibility index (Phi) is 56.3. The summed E-state index contributed by atoms with van der Waals surface area (Å²) in [6, 6.07) is 0. The van der Waals surface area contributed by atoms with Gasteiger partial charge in [0.15, 0.2) is 6.10 Å². The quantitative estimate of drug-likeness (QED) is 0.0261. The Hall–Kier alpha value is -3.41. The predicted molar refractivity (Wildman–Crippen MR) is 307 cm³/mol. The van der Waals surface area contributed by atoms with E-state index >= 15 is 0 Å². The molecule has 0 aromatic heterocycles. The van der Waals surface area contributed by atoms with Gasteiger partial charge in [-0.05, 0) is 83.5 Å². The first kappa shape index (κ1) is 67.6. The molecule has 0 radical (unpaired) electrons. The summed E-state index contributed by atoms with van der Waals surface area (Å²) in [4.78, 5) is 38.2. The van der Waals surface area contributed by atoms with E-state index in [0.717, 1.165) is 77.0 Å². The number of unbranched alkanes of at least 4 members (excludes halogenated alkanes) is 29. The molecule has 0 N–H and O–H groups in total. The highest BCUT2D eigenvalue weighted by Gasteiger charge is 2.19. The van der Waals surface area contributed by atoms with Crippen molar-refractivity contribution in [1.29, 1.82) is 0 Å². The Morgan fingerprint density at radius 3 is 0.944 bits per heavy atom. The summed E-state index contributed by atoms with van der Waals surface area (Å²) in [7, 11) is 0. The van der Waals surface area contributed by atoms with Crippen LogP contribution in [-0.2, 0) is 28.6 Å². The maximum absolute atomic E-state index is 12.9. The highest BCUT2D eigenvalue weighted by molar-refractivity contribution is 5.71. The lowest BCUT2D eigenvalue weighted by atomic mass is 10.0. The molecular weight excluding hydrogens is 877 g/mol. The smallest absolute Gasteiger partial charge is 0.306 e. The Labute approximate surface area is 439 Å². The largest absolute Gasteiger partial charge is 0.462 e. The van der Waals surface area contributed by atoms with Crippen molar-refractivity contribution in [3.05, 3.63) is 85.1 Å². The average Bonchev–Trinajstić information content (AvgIpc) is 3.37. The highest BCUT2D eigenvalue weighted by Crippen LogP contribution is 2.16. The molecule has 0 saturated heterocycles. The molecule has 408 valence electrons. The first-order chi connectivity index (χ1) is 35.0. The number of carbonyl (C=O) groups is 3. The van der Waals surface area contributed by atoms with Crippen LogP contribution in [-0.4, -0.2) is 37.2 Å². The minimum atomic E-state index is -0.809. The number of allylic oxidation sites excluding steroid dienone is 14. The maximum atomic E-state index is 12.9. The normalized spacial score (nSPS) is 12.7. The van der Waals surface area contributed by atoms with Crippen molar-refractivity contribution in [2.45, 2.75) is 297 Å². The molecule has 0 aromatic carbocycles. The average molecular weight is 990 g/mol. The van der Waals surface area contributed by atoms with Gasteiger partial charge in [-0.1, -0.05) is 273 Å². The van der Waals surface area contributed by atoms with Crippen molar-refractivity contribution in [3.63, 3.8) is 0 Å². The van der Waals surface area contributed by atoms with Crippen LogP contribution in [0.4, 0.5) is 0 Å². The molecule has 0 heterocycles. The topological polar surface area (TPSA) is 78.9 Å². The standard InChI is InChI=1S/C65H112O6/c1-4-7-10-13-16-19-22-25-28-31-32-35-37-40-43-46-49-52-55-58-64(67)70-61-62(71-65(68)59-56-53-50-47-44-41-38-34-30-27-24-21-18-15-12-9-6-3)60-69-63(66)57-54-51-48-45-42-39-36-33-29-26-23-20-17-14-11-8-5-2/h7,10,16,19,25,27-28,30,32,35,40,43,49,52,62H,4-6,8-9,11-15,17-18,20-24,26,29,31,33-34,36-39,41-42,44-48,50-51,53-61H2,1-3H3/b10-7-,19-16-,28-25-,30-27-,35-32-,43-40-,52-49-/t62-/m1/s1. The number of rotatable bonds is 54. The van der Waals surface area contributed by atoms with Gasteiger partial charge < -0.3 is 14.2 Å². The van der Waals surface area contributed by atoms with Gasteiger partial charge in [-0.3, -0.25) is 14.4 Å². The molecule has 71 heavy (non-hydrogen) atoms. The van der Waals surface area contributed by atoms with E-state index in [0.29, 0.717) is 19.3 Å². The van der Waals surface area contributed by atoms with Crippen LogP contribution in [0.5, 0.6) is 0 Å². The molecule has 6 heteroatoms. The van der Waals surface area contributed by atoms with E-state index in [1.807, 2.05) is 6.08 Å². The summed E-state index contributed by atoms with van der Waals surface area (Å²) in [5.74, 6) is -0.981. The fourth-order valence-electron chi connectivity index (χ4n) is 8.41. The van der Waals surface area contributed by atoms with Crippen LogP contribution in [0, 0.1) is 0 Å². The number of ether oxygens (including phenoxy) is 3. The van der Waals surface area contributed by atoms with Crippen molar-refractivity contribution in [3.8, 4) is 0 Å². The highest BCUT2D eigenvalue weighted by atomic mass is 16.6. The number of hydrogen-bond acceptors (Lipinski definition) is 6. The van der Waals surface area contributed by atoms with Gasteiger partial charge in [0.05, 0.1) is 0 Å². The first-order valence-electron chi connectivity index (χ1n) is 30.1. The van der Waals surface area contributed by atoms with E-state index in [4.69, 9.17) is 14.2 Å². The summed E-state index contributed by atoms with van der Waals surface area (Å²) in [5, 5.41) is 0. The molecule has 0 amide bonds. The fraction of sp³-hybridized carbons (Fsp3) is 0.738. The Morgan fingerprint density at radius 1 is 0.296 bits per heavy atom. The summed E-state index contributed by atoms with van der Waals surface area (Å²) in [6.07, 6.45) is 77.3. The van der Waals surface area contributed by atoms with Gasteiger partial charge in [0.2, 0.25) is 0 Å². The summed E-state index contributed by atoms with van der Waals surface area (Å²) < 4.78 is 16.8. The molecular formula is C65H112O6. The van der Waals surface area contributed by atoms with Crippen LogP contribution in [0.2, 0.25) is 0 Å². The minimum absolute atomic E-state index is 0.0990. The minimum Gasteiger partial charge on any atom is -0.462 e. The predicted octanol–water partition coefficient (Wildman–Crippen LogP) is 20.3. The zero-order valence-corrected chi connectivity index (χ0v) is 46.7. The van der Waals surface area contributed by atoms with E-state index in [2.05, 4.69) is 99.8 Å². The van der Waals surface area contributed by atoms with Crippen molar-refractivity contribution in [2.24, 2.45) is 0 Å². The van der Waals surface area contributed by atoms with Gasteiger partial charge in [-0.15, -0.1) is 0 Å². The summed E-state index contributed by atoms with van der Waals surface area (Å²) in [6.45, 7) is 6.48. The summed E-state index contributed by atoms with van der Waals surface area (Å²) in [5.41, 5.74) is 0. The molecule has 0 aliphatic rings. The van der Waals surface area contributed by atoms with Gasteiger partial charge in [-0.2, -0.15) is 0 Å².